The second-order valence-electron chi connectivity index (χ2n) is 5.23. The average molecular weight is 344 g/mol. The zero-order valence-corrected chi connectivity index (χ0v) is 14.0. The molecule has 2 amide bonds. The normalized spacial score (nSPS) is 10.6. The zero-order chi connectivity index (χ0) is 17.4. The number of aryl methyl sites for hydroxylation is 1. The number of nitrogens with zero attached hydrogens (tertiary/aromatic N) is 1. The molecule has 0 aliphatic heterocycles. The Labute approximate surface area is 145 Å². The van der Waals surface area contributed by atoms with Gasteiger partial charge in [-0.25, -0.2) is 5.43 Å². The van der Waals surface area contributed by atoms with E-state index in [1.54, 1.807) is 18.2 Å². The number of nitrogens with one attached hydrogen (secondary N) is 2. The summed E-state index contributed by atoms with van der Waals surface area (Å²) in [6.07, 6.45) is 1.60. The van der Waals surface area contributed by atoms with Crippen molar-refractivity contribution in [2.75, 3.05) is 5.32 Å². The van der Waals surface area contributed by atoms with E-state index in [1.807, 2.05) is 37.3 Å². The first-order valence-corrected chi connectivity index (χ1v) is 7.85. The fourth-order valence-corrected chi connectivity index (χ4v) is 2.17. The Morgan fingerprint density at radius 3 is 2.58 bits per heavy atom. The van der Waals surface area contributed by atoms with E-state index >= 15 is 0 Å². The number of carbonyl (C=O) groups excluding carboxylic acids is 2. The molecule has 0 radical (unpaired) electrons. The smallest absolute Gasteiger partial charge is 0.240 e. The fraction of sp³-hybridized carbons (Fsp3) is 0.167. The SMILES string of the molecule is Cc1cccc(NC(=O)CCC(=O)N/N=C/c2ccccc2Cl)c1. The van der Waals surface area contributed by atoms with Crippen LogP contribution in [-0.2, 0) is 9.59 Å². The molecule has 2 aromatic rings. The Balaban J connectivity index is 1.75. The first kappa shape index (κ1) is 17.7. The highest BCUT2D eigenvalue weighted by Crippen LogP contribution is 2.12. The van der Waals surface area contributed by atoms with Crippen molar-refractivity contribution < 1.29 is 9.59 Å². The third-order valence-corrected chi connectivity index (χ3v) is 3.52. The van der Waals surface area contributed by atoms with E-state index in [2.05, 4.69) is 15.8 Å². The minimum Gasteiger partial charge on any atom is -0.326 e. The highest BCUT2D eigenvalue weighted by molar-refractivity contribution is 6.33. The minimum atomic E-state index is -0.335. The molecule has 0 heterocycles. The lowest BCUT2D eigenvalue weighted by atomic mass is 10.2. The summed E-state index contributed by atoms with van der Waals surface area (Å²) in [6.45, 7) is 1.94. The quantitative estimate of drug-likeness (QED) is 0.622. The Kier molecular flexibility index (Phi) is 6.51. The van der Waals surface area contributed by atoms with E-state index in [1.165, 1.54) is 6.21 Å². The first-order valence-electron chi connectivity index (χ1n) is 7.47. The molecule has 0 aliphatic rings. The van der Waals surface area contributed by atoms with Gasteiger partial charge >= 0.3 is 0 Å². The maximum Gasteiger partial charge on any atom is 0.240 e. The van der Waals surface area contributed by atoms with Crippen LogP contribution in [0.2, 0.25) is 5.02 Å². The van der Waals surface area contributed by atoms with Crippen molar-refractivity contribution >= 4 is 35.3 Å². The number of anilines is 1. The van der Waals surface area contributed by atoms with Crippen LogP contribution < -0.4 is 10.7 Å². The molecule has 2 N–H and O–H groups in total. The molecule has 0 fully saturated rings. The molecule has 0 aliphatic carbocycles. The topological polar surface area (TPSA) is 70.6 Å². The maximum absolute atomic E-state index is 11.8. The van der Waals surface area contributed by atoms with Gasteiger partial charge in [0.2, 0.25) is 11.8 Å². The molecular formula is C18H18ClN3O2. The summed E-state index contributed by atoms with van der Waals surface area (Å²) in [5.74, 6) is -0.552. The molecule has 0 saturated carbocycles. The van der Waals surface area contributed by atoms with Crippen LogP contribution in [0.15, 0.2) is 53.6 Å². The molecule has 0 atom stereocenters. The molecule has 24 heavy (non-hydrogen) atoms. The predicted molar refractivity (Wildman–Crippen MR) is 96.2 cm³/mol. The van der Waals surface area contributed by atoms with E-state index in [-0.39, 0.29) is 24.7 Å². The Morgan fingerprint density at radius 2 is 1.83 bits per heavy atom. The molecule has 0 unspecified atom stereocenters. The molecule has 0 bridgehead atoms. The fourth-order valence-electron chi connectivity index (χ4n) is 1.98. The van der Waals surface area contributed by atoms with Crippen LogP contribution >= 0.6 is 11.6 Å². The Hall–Kier alpha value is -2.66. The van der Waals surface area contributed by atoms with Gasteiger partial charge in [-0.15, -0.1) is 0 Å². The largest absolute Gasteiger partial charge is 0.326 e. The van der Waals surface area contributed by atoms with Gasteiger partial charge in [0.1, 0.15) is 0 Å². The highest BCUT2D eigenvalue weighted by Gasteiger charge is 2.07. The minimum absolute atomic E-state index is 0.0531. The second-order valence-corrected chi connectivity index (χ2v) is 5.64. The lowest BCUT2D eigenvalue weighted by Gasteiger charge is -2.05. The highest BCUT2D eigenvalue weighted by atomic mass is 35.5. The number of hydrazone groups is 1. The van der Waals surface area contributed by atoms with Gasteiger partial charge in [0.25, 0.3) is 0 Å². The van der Waals surface area contributed by atoms with E-state index in [0.29, 0.717) is 10.6 Å². The summed E-state index contributed by atoms with van der Waals surface area (Å²) in [7, 11) is 0. The van der Waals surface area contributed by atoms with Crippen molar-refractivity contribution in [2.24, 2.45) is 5.10 Å². The second kappa shape index (κ2) is 8.84. The lowest BCUT2D eigenvalue weighted by Crippen LogP contribution is -2.20. The molecular weight excluding hydrogens is 326 g/mol. The van der Waals surface area contributed by atoms with Gasteiger partial charge in [0, 0.05) is 29.1 Å². The first-order chi connectivity index (χ1) is 11.5. The van der Waals surface area contributed by atoms with Crippen LogP contribution in [-0.4, -0.2) is 18.0 Å². The van der Waals surface area contributed by atoms with Gasteiger partial charge in [-0.2, -0.15) is 5.10 Å². The number of halogens is 1. The summed E-state index contributed by atoms with van der Waals surface area (Å²) in [5, 5.41) is 7.14. The molecule has 6 heteroatoms. The molecule has 0 spiro atoms. The van der Waals surface area contributed by atoms with Crippen molar-refractivity contribution in [1.29, 1.82) is 0 Å². The Morgan fingerprint density at radius 1 is 1.08 bits per heavy atom. The van der Waals surface area contributed by atoms with Crippen LogP contribution in [0.3, 0.4) is 0 Å². The third-order valence-electron chi connectivity index (χ3n) is 3.18. The zero-order valence-electron chi connectivity index (χ0n) is 13.3. The van der Waals surface area contributed by atoms with Gasteiger partial charge in [-0.3, -0.25) is 9.59 Å². The van der Waals surface area contributed by atoms with Crippen molar-refractivity contribution in [1.82, 2.24) is 5.43 Å². The van der Waals surface area contributed by atoms with Gasteiger partial charge in [-0.05, 0) is 30.7 Å². The lowest BCUT2D eigenvalue weighted by molar-refractivity contribution is -0.124. The molecule has 0 aromatic heterocycles. The van der Waals surface area contributed by atoms with Crippen LogP contribution in [0.1, 0.15) is 24.0 Å². The maximum atomic E-state index is 11.8. The third kappa shape index (κ3) is 5.85. The van der Waals surface area contributed by atoms with Crippen LogP contribution in [0.25, 0.3) is 0 Å². The van der Waals surface area contributed by atoms with E-state index in [4.69, 9.17) is 11.6 Å². The van der Waals surface area contributed by atoms with E-state index in [9.17, 15) is 9.59 Å². The Bertz CT molecular complexity index is 759. The molecule has 0 saturated heterocycles. The number of hydrogen-bond donors (Lipinski definition) is 2. The number of benzene rings is 2. The number of amides is 2. The summed E-state index contributed by atoms with van der Waals surface area (Å²) in [6, 6.07) is 14.6. The van der Waals surface area contributed by atoms with Gasteiger partial charge in [-0.1, -0.05) is 41.9 Å². The molecule has 5 nitrogen and oxygen atoms in total. The van der Waals surface area contributed by atoms with Gasteiger partial charge in [0.05, 0.1) is 6.21 Å². The number of rotatable bonds is 6. The summed E-state index contributed by atoms with van der Waals surface area (Å²) in [4.78, 5) is 23.5. The van der Waals surface area contributed by atoms with Gasteiger partial charge < -0.3 is 5.32 Å². The van der Waals surface area contributed by atoms with Crippen molar-refractivity contribution in [3.8, 4) is 0 Å². The summed E-state index contributed by atoms with van der Waals surface area (Å²) in [5.41, 5.74) is 4.86. The van der Waals surface area contributed by atoms with Crippen molar-refractivity contribution in [3.63, 3.8) is 0 Å². The standard InChI is InChI=1S/C18H18ClN3O2/c1-13-5-4-7-15(11-13)21-17(23)9-10-18(24)22-20-12-14-6-2-3-8-16(14)19/h2-8,11-12H,9-10H2,1H3,(H,21,23)(H,22,24)/b20-12+. The molecule has 124 valence electrons. The average Bonchev–Trinajstić information content (AvgIpc) is 2.55. The van der Waals surface area contributed by atoms with Gasteiger partial charge in [0.15, 0.2) is 0 Å². The molecule has 2 rings (SSSR count). The molecule has 2 aromatic carbocycles. The number of carbonyl (C=O) groups is 2. The van der Waals surface area contributed by atoms with Crippen LogP contribution in [0, 0.1) is 6.92 Å². The van der Waals surface area contributed by atoms with E-state index in [0.717, 1.165) is 11.3 Å². The number of hydrogen-bond acceptors (Lipinski definition) is 3. The summed E-state index contributed by atoms with van der Waals surface area (Å²) < 4.78 is 0. The van der Waals surface area contributed by atoms with Crippen LogP contribution in [0.4, 0.5) is 5.69 Å². The monoisotopic (exact) mass is 343 g/mol. The summed E-state index contributed by atoms with van der Waals surface area (Å²) >= 11 is 5.97. The van der Waals surface area contributed by atoms with Crippen molar-refractivity contribution in [3.05, 3.63) is 64.7 Å². The van der Waals surface area contributed by atoms with Crippen molar-refractivity contribution in [2.45, 2.75) is 19.8 Å². The predicted octanol–water partition coefficient (Wildman–Crippen LogP) is 3.52. The van der Waals surface area contributed by atoms with E-state index < -0.39 is 0 Å². The van der Waals surface area contributed by atoms with Crippen LogP contribution in [0.5, 0.6) is 0 Å².